The Morgan fingerprint density at radius 1 is 1.12 bits per heavy atom. The highest BCUT2D eigenvalue weighted by molar-refractivity contribution is 7.22. The van der Waals surface area contributed by atoms with Crippen molar-refractivity contribution in [3.63, 3.8) is 0 Å². The molecule has 2 heterocycles. The number of ether oxygens (including phenoxy) is 1. The van der Waals surface area contributed by atoms with Crippen LogP contribution in [0.5, 0.6) is 5.75 Å². The largest absolute Gasteiger partial charge is 0.507 e. The molecule has 3 aromatic carbocycles. The minimum absolute atomic E-state index is 0.0639. The molecule has 0 saturated carbocycles. The molecule has 1 amide bonds. The molecule has 1 saturated heterocycles. The maximum atomic E-state index is 15.0. The molecular weight excluding hydrogens is 479 g/mol. The number of hydrogen-bond acceptors (Lipinski definition) is 6. The minimum Gasteiger partial charge on any atom is -0.507 e. The maximum absolute atomic E-state index is 15.0. The Labute approximate surface area is 202 Å². The molecule has 6 nitrogen and oxygen atoms in total. The number of carbonyl (C=O) groups is 2. The fourth-order valence-electron chi connectivity index (χ4n) is 3.91. The van der Waals surface area contributed by atoms with Crippen LogP contribution in [-0.2, 0) is 9.59 Å². The van der Waals surface area contributed by atoms with Crippen LogP contribution in [0.25, 0.3) is 16.0 Å². The Balaban J connectivity index is 1.73. The monoisotopic (exact) mass is 494 g/mol. The van der Waals surface area contributed by atoms with Gasteiger partial charge in [-0.3, -0.25) is 14.5 Å². The smallest absolute Gasteiger partial charge is 0.301 e. The van der Waals surface area contributed by atoms with Gasteiger partial charge in [-0.15, -0.1) is 0 Å². The highest BCUT2D eigenvalue weighted by Gasteiger charge is 2.49. The molecule has 34 heavy (non-hydrogen) atoms. The van der Waals surface area contributed by atoms with Crippen LogP contribution in [0, 0.1) is 5.82 Å². The van der Waals surface area contributed by atoms with Crippen molar-refractivity contribution in [1.29, 1.82) is 0 Å². The van der Waals surface area contributed by atoms with Gasteiger partial charge in [0.15, 0.2) is 5.13 Å². The van der Waals surface area contributed by atoms with Crippen molar-refractivity contribution in [2.45, 2.75) is 6.04 Å². The molecule has 1 fully saturated rings. The van der Waals surface area contributed by atoms with Crippen LogP contribution in [0.4, 0.5) is 9.52 Å². The van der Waals surface area contributed by atoms with E-state index in [1.807, 2.05) is 0 Å². The lowest BCUT2D eigenvalue weighted by Crippen LogP contribution is -2.29. The number of aromatic nitrogens is 1. The Morgan fingerprint density at radius 2 is 1.85 bits per heavy atom. The first kappa shape index (κ1) is 22.1. The van der Waals surface area contributed by atoms with Gasteiger partial charge in [-0.25, -0.2) is 9.37 Å². The molecule has 1 unspecified atom stereocenters. The average molecular weight is 495 g/mol. The molecule has 1 aromatic heterocycles. The lowest BCUT2D eigenvalue weighted by molar-refractivity contribution is -0.132. The summed E-state index contributed by atoms with van der Waals surface area (Å²) in [5.74, 6) is -2.33. The second kappa shape index (κ2) is 8.55. The van der Waals surface area contributed by atoms with Crippen LogP contribution in [0.1, 0.15) is 17.2 Å². The van der Waals surface area contributed by atoms with E-state index >= 15 is 0 Å². The van der Waals surface area contributed by atoms with Gasteiger partial charge in [0.05, 0.1) is 22.9 Å². The van der Waals surface area contributed by atoms with E-state index in [0.717, 1.165) is 16.2 Å². The number of fused-ring (bicyclic) bond motifs is 1. The number of anilines is 1. The Morgan fingerprint density at radius 3 is 2.56 bits per heavy atom. The van der Waals surface area contributed by atoms with Crippen LogP contribution < -0.4 is 9.64 Å². The van der Waals surface area contributed by atoms with E-state index in [2.05, 4.69) is 4.98 Å². The Kier molecular flexibility index (Phi) is 5.55. The topological polar surface area (TPSA) is 79.7 Å². The number of rotatable bonds is 4. The number of benzene rings is 3. The molecule has 1 atom stereocenters. The molecule has 9 heteroatoms. The number of aliphatic hydroxyl groups excluding tert-OH is 1. The van der Waals surface area contributed by atoms with E-state index in [1.54, 1.807) is 48.5 Å². The van der Waals surface area contributed by atoms with E-state index in [-0.39, 0.29) is 21.8 Å². The van der Waals surface area contributed by atoms with Crippen LogP contribution in [0.15, 0.2) is 72.3 Å². The number of ketones is 1. The molecule has 170 valence electrons. The van der Waals surface area contributed by atoms with Gasteiger partial charge in [0.2, 0.25) is 0 Å². The van der Waals surface area contributed by atoms with Gasteiger partial charge in [0.1, 0.15) is 23.4 Å². The molecule has 4 aromatic rings. The van der Waals surface area contributed by atoms with Crippen molar-refractivity contribution in [3.8, 4) is 5.75 Å². The van der Waals surface area contributed by atoms with Gasteiger partial charge in [-0.05, 0) is 48.5 Å². The van der Waals surface area contributed by atoms with Gasteiger partial charge >= 0.3 is 5.91 Å². The van der Waals surface area contributed by atoms with E-state index in [4.69, 9.17) is 16.3 Å². The summed E-state index contributed by atoms with van der Waals surface area (Å²) < 4.78 is 20.8. The summed E-state index contributed by atoms with van der Waals surface area (Å²) >= 11 is 7.23. The lowest BCUT2D eigenvalue weighted by Gasteiger charge is -2.23. The van der Waals surface area contributed by atoms with Crippen LogP contribution in [-0.4, -0.2) is 28.9 Å². The minimum atomic E-state index is -1.21. The summed E-state index contributed by atoms with van der Waals surface area (Å²) in [6, 6.07) is 16.0. The molecule has 1 aliphatic rings. The summed E-state index contributed by atoms with van der Waals surface area (Å²) in [7, 11) is 1.50. The fourth-order valence-corrected chi connectivity index (χ4v) is 5.18. The van der Waals surface area contributed by atoms with Gasteiger partial charge < -0.3 is 9.84 Å². The third kappa shape index (κ3) is 3.61. The van der Waals surface area contributed by atoms with Crippen molar-refractivity contribution in [2.24, 2.45) is 0 Å². The molecule has 1 aliphatic heterocycles. The van der Waals surface area contributed by atoms with Crippen LogP contribution in [0.3, 0.4) is 0 Å². The van der Waals surface area contributed by atoms with Crippen molar-refractivity contribution < 1.29 is 23.8 Å². The summed E-state index contributed by atoms with van der Waals surface area (Å²) in [6.45, 7) is 0. The van der Waals surface area contributed by atoms with Gasteiger partial charge in [-0.2, -0.15) is 0 Å². The Hall–Kier alpha value is -3.75. The van der Waals surface area contributed by atoms with Gasteiger partial charge in [0.25, 0.3) is 5.78 Å². The molecule has 0 aliphatic carbocycles. The van der Waals surface area contributed by atoms with Gasteiger partial charge in [0, 0.05) is 16.1 Å². The number of carbonyl (C=O) groups excluding carboxylic acids is 2. The number of amides is 1. The van der Waals surface area contributed by atoms with Gasteiger partial charge in [-0.1, -0.05) is 41.1 Å². The first-order valence-electron chi connectivity index (χ1n) is 10.1. The zero-order valence-corrected chi connectivity index (χ0v) is 19.2. The van der Waals surface area contributed by atoms with Crippen LogP contribution >= 0.6 is 22.9 Å². The normalized spacial score (nSPS) is 17.5. The highest BCUT2D eigenvalue weighted by atomic mass is 35.5. The number of thiazole rings is 1. The number of halogens is 2. The van der Waals surface area contributed by atoms with E-state index < -0.39 is 29.3 Å². The summed E-state index contributed by atoms with van der Waals surface area (Å²) in [4.78, 5) is 32.0. The average Bonchev–Trinajstić information content (AvgIpc) is 3.36. The molecular formula is C25H16ClFN2O4S. The Bertz CT molecular complexity index is 1480. The van der Waals surface area contributed by atoms with Crippen molar-refractivity contribution in [1.82, 2.24) is 4.98 Å². The second-order valence-corrected chi connectivity index (χ2v) is 8.97. The van der Waals surface area contributed by atoms with Crippen LogP contribution in [0.2, 0.25) is 5.02 Å². The summed E-state index contributed by atoms with van der Waals surface area (Å²) in [5.41, 5.74) is 0.705. The van der Waals surface area contributed by atoms with Crippen molar-refractivity contribution >= 4 is 55.7 Å². The first-order valence-corrected chi connectivity index (χ1v) is 11.3. The predicted molar refractivity (Wildman–Crippen MR) is 129 cm³/mol. The van der Waals surface area contributed by atoms with Crippen molar-refractivity contribution in [3.05, 3.63) is 94.3 Å². The quantitative estimate of drug-likeness (QED) is 0.223. The number of methoxy groups -OCH3 is 1. The first-order chi connectivity index (χ1) is 16.4. The predicted octanol–water partition coefficient (Wildman–Crippen LogP) is 5.72. The third-order valence-corrected chi connectivity index (χ3v) is 6.81. The third-order valence-electron chi connectivity index (χ3n) is 5.55. The summed E-state index contributed by atoms with van der Waals surface area (Å²) in [5, 5.41) is 11.8. The fraction of sp³-hybridized carbons (Fsp3) is 0.0800. The maximum Gasteiger partial charge on any atom is 0.301 e. The standard InChI is InChI=1S/C25H16ClFN2O4S/c1-33-15-9-6-13(7-10-15)22(30)20-21(16-4-2-3-5-17(16)27)29(24(32)23(20)31)25-28-18-11-8-14(26)12-19(18)34-25/h2-12,21,30H,1H3. The number of nitrogens with zero attached hydrogens (tertiary/aromatic N) is 2. The van der Waals surface area contributed by atoms with E-state index in [1.165, 1.54) is 25.3 Å². The lowest BCUT2D eigenvalue weighted by atomic mass is 9.95. The number of aliphatic hydroxyl groups is 1. The van der Waals surface area contributed by atoms with Crippen molar-refractivity contribution in [2.75, 3.05) is 12.0 Å². The molecule has 0 bridgehead atoms. The van der Waals surface area contributed by atoms with E-state index in [0.29, 0.717) is 21.0 Å². The molecule has 5 rings (SSSR count). The second-order valence-electron chi connectivity index (χ2n) is 7.53. The molecule has 0 spiro atoms. The number of Topliss-reactive ketones (excluding diaryl/α,β-unsaturated/α-hetero) is 1. The highest BCUT2D eigenvalue weighted by Crippen LogP contribution is 2.45. The molecule has 1 N–H and O–H groups in total. The molecule has 0 radical (unpaired) electrons. The zero-order chi connectivity index (χ0) is 24.0. The zero-order valence-electron chi connectivity index (χ0n) is 17.7. The SMILES string of the molecule is COc1ccc(C(O)=C2C(=O)C(=O)N(c3nc4ccc(Cl)cc4s3)C2c2ccccc2F)cc1. The summed E-state index contributed by atoms with van der Waals surface area (Å²) in [6.07, 6.45) is 0. The number of hydrogen-bond donors (Lipinski definition) is 1. The van der Waals surface area contributed by atoms with E-state index in [9.17, 15) is 19.1 Å².